The summed E-state index contributed by atoms with van der Waals surface area (Å²) in [6, 6.07) is 0.418. The van der Waals surface area contributed by atoms with Crippen LogP contribution in [-0.2, 0) is 5.54 Å². The van der Waals surface area contributed by atoms with Gasteiger partial charge in [0, 0.05) is 30.7 Å². The van der Waals surface area contributed by atoms with Crippen molar-refractivity contribution in [3.8, 4) is 0 Å². The SMILES string of the molecule is CC(C)(NCCN1CCC(N)CC1)c1nccs1. The monoisotopic (exact) mass is 268 g/mol. The van der Waals surface area contributed by atoms with Crippen molar-refractivity contribution in [1.82, 2.24) is 15.2 Å². The van der Waals surface area contributed by atoms with Crippen LogP contribution in [0, 0.1) is 0 Å². The second-order valence-electron chi connectivity index (χ2n) is 5.57. The van der Waals surface area contributed by atoms with Gasteiger partial charge in [0.05, 0.1) is 5.54 Å². The van der Waals surface area contributed by atoms with E-state index in [0.717, 1.165) is 44.0 Å². The molecular formula is C13H24N4S. The maximum atomic E-state index is 5.91. The Bertz CT molecular complexity index is 342. The quantitative estimate of drug-likeness (QED) is 0.847. The highest BCUT2D eigenvalue weighted by molar-refractivity contribution is 7.09. The van der Waals surface area contributed by atoms with Gasteiger partial charge in [-0.05, 0) is 39.8 Å². The van der Waals surface area contributed by atoms with Crippen molar-refractivity contribution in [2.75, 3.05) is 26.2 Å². The molecule has 5 heteroatoms. The van der Waals surface area contributed by atoms with Gasteiger partial charge in [0.15, 0.2) is 0 Å². The molecule has 1 aliphatic rings. The maximum Gasteiger partial charge on any atom is 0.112 e. The minimum absolute atomic E-state index is 0.0274. The minimum Gasteiger partial charge on any atom is -0.328 e. The van der Waals surface area contributed by atoms with E-state index in [1.807, 2.05) is 11.6 Å². The molecule has 0 aromatic carbocycles. The lowest BCUT2D eigenvalue weighted by Crippen LogP contribution is -2.45. The summed E-state index contributed by atoms with van der Waals surface area (Å²) in [6.07, 6.45) is 4.14. The fourth-order valence-corrected chi connectivity index (χ4v) is 3.05. The topological polar surface area (TPSA) is 54.2 Å². The molecule has 102 valence electrons. The van der Waals surface area contributed by atoms with E-state index in [4.69, 9.17) is 5.73 Å². The van der Waals surface area contributed by atoms with E-state index in [1.54, 1.807) is 11.3 Å². The van der Waals surface area contributed by atoms with Gasteiger partial charge in [-0.1, -0.05) is 0 Å². The zero-order valence-electron chi connectivity index (χ0n) is 11.4. The van der Waals surface area contributed by atoms with E-state index >= 15 is 0 Å². The van der Waals surface area contributed by atoms with Crippen LogP contribution in [0.2, 0.25) is 0 Å². The number of hydrogen-bond donors (Lipinski definition) is 2. The molecule has 1 fully saturated rings. The van der Waals surface area contributed by atoms with Gasteiger partial charge in [-0.3, -0.25) is 0 Å². The highest BCUT2D eigenvalue weighted by Gasteiger charge is 2.23. The van der Waals surface area contributed by atoms with Gasteiger partial charge in [0.1, 0.15) is 5.01 Å². The molecule has 2 rings (SSSR count). The molecule has 0 atom stereocenters. The highest BCUT2D eigenvalue weighted by Crippen LogP contribution is 2.21. The van der Waals surface area contributed by atoms with Gasteiger partial charge in [-0.15, -0.1) is 11.3 Å². The van der Waals surface area contributed by atoms with Crippen LogP contribution in [0.3, 0.4) is 0 Å². The molecule has 0 spiro atoms. The lowest BCUT2D eigenvalue weighted by molar-refractivity contribution is 0.206. The summed E-state index contributed by atoms with van der Waals surface area (Å²) < 4.78 is 0. The van der Waals surface area contributed by atoms with Crippen molar-refractivity contribution in [3.05, 3.63) is 16.6 Å². The van der Waals surface area contributed by atoms with Gasteiger partial charge in [-0.25, -0.2) is 4.98 Å². The smallest absolute Gasteiger partial charge is 0.112 e. The second kappa shape index (κ2) is 6.10. The summed E-state index contributed by atoms with van der Waals surface area (Å²) in [4.78, 5) is 6.88. The Kier molecular flexibility index (Phi) is 4.72. The van der Waals surface area contributed by atoms with E-state index in [-0.39, 0.29) is 5.54 Å². The van der Waals surface area contributed by atoms with Gasteiger partial charge >= 0.3 is 0 Å². The van der Waals surface area contributed by atoms with Crippen LogP contribution in [0.5, 0.6) is 0 Å². The van der Waals surface area contributed by atoms with Crippen molar-refractivity contribution >= 4 is 11.3 Å². The summed E-state index contributed by atoms with van der Waals surface area (Å²) in [7, 11) is 0. The zero-order chi connectivity index (χ0) is 13.0. The molecule has 1 aromatic heterocycles. The summed E-state index contributed by atoms with van der Waals surface area (Å²) in [5.74, 6) is 0. The number of piperidine rings is 1. The molecule has 2 heterocycles. The maximum absolute atomic E-state index is 5.91. The largest absolute Gasteiger partial charge is 0.328 e. The Labute approximate surface area is 114 Å². The third-order valence-corrected chi connectivity index (χ3v) is 4.69. The molecule has 1 aliphatic heterocycles. The molecule has 0 radical (unpaired) electrons. The summed E-state index contributed by atoms with van der Waals surface area (Å²) in [6.45, 7) is 8.76. The van der Waals surface area contributed by atoms with Crippen molar-refractivity contribution in [3.63, 3.8) is 0 Å². The Morgan fingerprint density at radius 2 is 2.22 bits per heavy atom. The van der Waals surface area contributed by atoms with Crippen LogP contribution < -0.4 is 11.1 Å². The number of thiazole rings is 1. The van der Waals surface area contributed by atoms with Crippen LogP contribution in [-0.4, -0.2) is 42.1 Å². The molecule has 1 aromatic rings. The minimum atomic E-state index is -0.0274. The van der Waals surface area contributed by atoms with Crippen LogP contribution in [0.25, 0.3) is 0 Å². The molecule has 0 bridgehead atoms. The lowest BCUT2D eigenvalue weighted by Gasteiger charge is -2.31. The van der Waals surface area contributed by atoms with E-state index < -0.39 is 0 Å². The van der Waals surface area contributed by atoms with Crippen LogP contribution in [0.1, 0.15) is 31.7 Å². The predicted molar refractivity (Wildman–Crippen MR) is 76.8 cm³/mol. The van der Waals surface area contributed by atoms with Gasteiger partial charge < -0.3 is 16.0 Å². The van der Waals surface area contributed by atoms with E-state index in [0.29, 0.717) is 6.04 Å². The summed E-state index contributed by atoms with van der Waals surface area (Å²) in [5.41, 5.74) is 5.88. The van der Waals surface area contributed by atoms with Crippen LogP contribution >= 0.6 is 11.3 Å². The molecule has 0 amide bonds. The summed E-state index contributed by atoms with van der Waals surface area (Å²) >= 11 is 1.71. The molecule has 0 unspecified atom stereocenters. The molecule has 0 saturated carbocycles. The molecule has 1 saturated heterocycles. The molecule has 18 heavy (non-hydrogen) atoms. The van der Waals surface area contributed by atoms with Gasteiger partial charge in [-0.2, -0.15) is 0 Å². The zero-order valence-corrected chi connectivity index (χ0v) is 12.2. The number of nitrogens with one attached hydrogen (secondary N) is 1. The first-order valence-corrected chi connectivity index (χ1v) is 7.59. The van der Waals surface area contributed by atoms with E-state index in [9.17, 15) is 0 Å². The second-order valence-corrected chi connectivity index (χ2v) is 6.46. The standard InChI is InChI=1S/C13H24N4S/c1-13(2,12-15-6-10-18-12)16-5-9-17-7-3-11(14)4-8-17/h6,10-11,16H,3-5,7-9,14H2,1-2H3. The number of hydrogen-bond acceptors (Lipinski definition) is 5. The third kappa shape index (κ3) is 3.75. The number of rotatable bonds is 5. The summed E-state index contributed by atoms with van der Waals surface area (Å²) in [5, 5.41) is 6.78. The highest BCUT2D eigenvalue weighted by atomic mass is 32.1. The van der Waals surface area contributed by atoms with Gasteiger partial charge in [0.25, 0.3) is 0 Å². The Balaban J connectivity index is 1.72. The fraction of sp³-hybridized carbons (Fsp3) is 0.769. The average molecular weight is 268 g/mol. The number of nitrogens with two attached hydrogens (primary N) is 1. The van der Waals surface area contributed by atoms with Crippen molar-refractivity contribution < 1.29 is 0 Å². The first-order chi connectivity index (χ1) is 8.58. The Hall–Kier alpha value is -0.490. The molecule has 4 nitrogen and oxygen atoms in total. The van der Waals surface area contributed by atoms with Crippen molar-refractivity contribution in [2.24, 2.45) is 5.73 Å². The normalized spacial score (nSPS) is 19.3. The van der Waals surface area contributed by atoms with Crippen LogP contribution in [0.15, 0.2) is 11.6 Å². The van der Waals surface area contributed by atoms with Crippen molar-refractivity contribution in [2.45, 2.75) is 38.3 Å². The first-order valence-electron chi connectivity index (χ1n) is 6.71. The number of nitrogens with zero attached hydrogens (tertiary/aromatic N) is 2. The average Bonchev–Trinajstić information content (AvgIpc) is 2.86. The Morgan fingerprint density at radius 3 is 2.83 bits per heavy atom. The molecular weight excluding hydrogens is 244 g/mol. The lowest BCUT2D eigenvalue weighted by atomic mass is 10.1. The first kappa shape index (κ1) is 13.9. The molecule has 0 aliphatic carbocycles. The van der Waals surface area contributed by atoms with Crippen LogP contribution in [0.4, 0.5) is 0 Å². The number of aromatic nitrogens is 1. The number of likely N-dealkylation sites (tertiary alicyclic amines) is 1. The molecule has 3 N–H and O–H groups in total. The third-order valence-electron chi connectivity index (χ3n) is 3.59. The van der Waals surface area contributed by atoms with E-state index in [2.05, 4.69) is 29.0 Å². The van der Waals surface area contributed by atoms with Gasteiger partial charge in [0.2, 0.25) is 0 Å². The predicted octanol–water partition coefficient (Wildman–Crippen LogP) is 1.39. The van der Waals surface area contributed by atoms with E-state index in [1.165, 1.54) is 0 Å². The van der Waals surface area contributed by atoms with Crippen molar-refractivity contribution in [1.29, 1.82) is 0 Å². The Morgan fingerprint density at radius 1 is 1.50 bits per heavy atom. The fourth-order valence-electron chi connectivity index (χ4n) is 2.31.